The zero-order valence-electron chi connectivity index (χ0n) is 25.1. The van der Waals surface area contributed by atoms with E-state index in [4.69, 9.17) is 9.47 Å². The van der Waals surface area contributed by atoms with E-state index in [0.29, 0.717) is 12.8 Å². The van der Waals surface area contributed by atoms with E-state index in [0.717, 1.165) is 16.7 Å². The van der Waals surface area contributed by atoms with Crippen LogP contribution < -0.4 is 16.0 Å². The summed E-state index contributed by atoms with van der Waals surface area (Å²) in [6.45, 7) is 14.6. The second-order valence-electron chi connectivity index (χ2n) is 12.1. The van der Waals surface area contributed by atoms with Crippen LogP contribution in [0.25, 0.3) is 6.08 Å². The van der Waals surface area contributed by atoms with Crippen LogP contribution in [0.1, 0.15) is 58.2 Å². The average Bonchev–Trinajstić information content (AvgIpc) is 2.86. The molecule has 2 aromatic rings. The molecule has 0 unspecified atom stereocenters. The number of nitrogens with one attached hydrogen (secondary N) is 3. The Kier molecular flexibility index (Phi) is 12.8. The minimum atomic E-state index is -1.01. The second kappa shape index (κ2) is 15.6. The molecule has 0 aliphatic rings. The number of hydrogen-bond donors (Lipinski definition) is 5. The van der Waals surface area contributed by atoms with E-state index in [9.17, 15) is 19.8 Å². The Morgan fingerprint density at radius 1 is 0.780 bits per heavy atom. The third kappa shape index (κ3) is 13.2. The van der Waals surface area contributed by atoms with Crippen molar-refractivity contribution in [1.29, 1.82) is 0 Å². The van der Waals surface area contributed by atoms with Crippen LogP contribution in [-0.2, 0) is 22.3 Å². The van der Waals surface area contributed by atoms with Gasteiger partial charge in [-0.3, -0.25) is 0 Å². The van der Waals surface area contributed by atoms with E-state index in [2.05, 4.69) is 22.5 Å². The van der Waals surface area contributed by atoms with Crippen LogP contribution in [-0.4, -0.2) is 71.0 Å². The summed E-state index contributed by atoms with van der Waals surface area (Å²) in [6, 6.07) is 15.8. The lowest BCUT2D eigenvalue weighted by Crippen LogP contribution is -2.53. The summed E-state index contributed by atoms with van der Waals surface area (Å²) >= 11 is 0. The van der Waals surface area contributed by atoms with Crippen molar-refractivity contribution in [2.24, 2.45) is 0 Å². The third-order valence-electron chi connectivity index (χ3n) is 6.05. The Morgan fingerprint density at radius 3 is 1.73 bits per heavy atom. The molecule has 0 saturated heterocycles. The van der Waals surface area contributed by atoms with Crippen LogP contribution in [0.5, 0.6) is 0 Å². The van der Waals surface area contributed by atoms with Gasteiger partial charge in [-0.05, 0) is 71.1 Å². The fourth-order valence-electron chi connectivity index (χ4n) is 4.17. The van der Waals surface area contributed by atoms with Crippen molar-refractivity contribution in [3.05, 3.63) is 77.9 Å². The number of alkyl carbamates (subject to hydrolysis) is 2. The lowest BCUT2D eigenvalue weighted by atomic mass is 9.97. The molecule has 9 nitrogen and oxygen atoms in total. The summed E-state index contributed by atoms with van der Waals surface area (Å²) in [5, 5.41) is 30.8. The van der Waals surface area contributed by atoms with Gasteiger partial charge in [-0.2, -0.15) is 0 Å². The topological polar surface area (TPSA) is 129 Å². The Morgan fingerprint density at radius 2 is 1.24 bits per heavy atom. The second-order valence-corrected chi connectivity index (χ2v) is 12.1. The summed E-state index contributed by atoms with van der Waals surface area (Å²) in [7, 11) is 0. The van der Waals surface area contributed by atoms with Gasteiger partial charge in [0.15, 0.2) is 0 Å². The molecule has 226 valence electrons. The van der Waals surface area contributed by atoms with Gasteiger partial charge in [-0.25, -0.2) is 9.59 Å². The minimum absolute atomic E-state index is 0.0677. The standard InChI is InChI=1S/C32H47N3O6/c1-8-23-16-12-13-17-24(23)19-26(35-30(39)41-32(5,6)7)28(37)21-33-20-27(36)25(18-22-14-10-9-11-15-22)34-29(38)40-31(2,3)4/h8-17,25-28,33,36-37H,1,18-21H2,2-7H3,(H,34,38)(H,35,39)/t25-,26-,27+,28+/m0/s1. The van der Waals surface area contributed by atoms with Crippen molar-refractivity contribution in [3.8, 4) is 0 Å². The van der Waals surface area contributed by atoms with E-state index in [1.807, 2.05) is 54.6 Å². The predicted molar refractivity (Wildman–Crippen MR) is 162 cm³/mol. The fourth-order valence-corrected chi connectivity index (χ4v) is 4.17. The first-order valence-electron chi connectivity index (χ1n) is 14.0. The highest BCUT2D eigenvalue weighted by atomic mass is 16.6. The van der Waals surface area contributed by atoms with Gasteiger partial charge in [0, 0.05) is 13.1 Å². The van der Waals surface area contributed by atoms with Crippen LogP contribution >= 0.6 is 0 Å². The number of ether oxygens (including phenoxy) is 2. The largest absolute Gasteiger partial charge is 0.444 e. The number of benzene rings is 2. The number of carbonyl (C=O) groups excluding carboxylic acids is 2. The molecule has 2 aromatic carbocycles. The molecule has 0 bridgehead atoms. The maximum Gasteiger partial charge on any atom is 0.407 e. The zero-order valence-corrected chi connectivity index (χ0v) is 25.1. The van der Waals surface area contributed by atoms with Gasteiger partial charge in [0.1, 0.15) is 11.2 Å². The maximum absolute atomic E-state index is 12.6. The molecule has 2 amide bonds. The van der Waals surface area contributed by atoms with Gasteiger partial charge >= 0.3 is 12.2 Å². The van der Waals surface area contributed by atoms with Gasteiger partial charge in [-0.1, -0.05) is 67.3 Å². The van der Waals surface area contributed by atoms with Crippen molar-refractivity contribution in [3.63, 3.8) is 0 Å². The van der Waals surface area contributed by atoms with Gasteiger partial charge in [0.2, 0.25) is 0 Å². The molecule has 4 atom stereocenters. The van der Waals surface area contributed by atoms with Gasteiger partial charge in [0.05, 0.1) is 24.3 Å². The lowest BCUT2D eigenvalue weighted by molar-refractivity contribution is 0.0399. The number of carbonyl (C=O) groups is 2. The van der Waals surface area contributed by atoms with Crippen molar-refractivity contribution < 1.29 is 29.3 Å². The molecule has 0 heterocycles. The Bertz CT molecular complexity index is 1110. The predicted octanol–water partition coefficient (Wildman–Crippen LogP) is 4.21. The lowest BCUT2D eigenvalue weighted by Gasteiger charge is -2.29. The molecule has 0 saturated carbocycles. The molecule has 2 rings (SSSR count). The van der Waals surface area contributed by atoms with Gasteiger partial charge in [0.25, 0.3) is 0 Å². The van der Waals surface area contributed by atoms with E-state index < -0.39 is 47.7 Å². The van der Waals surface area contributed by atoms with Crippen LogP contribution in [0.3, 0.4) is 0 Å². The molecule has 41 heavy (non-hydrogen) atoms. The number of aliphatic hydroxyl groups is 2. The van der Waals surface area contributed by atoms with Crippen LogP contribution in [0.15, 0.2) is 61.2 Å². The molecule has 0 aliphatic heterocycles. The van der Waals surface area contributed by atoms with Crippen LogP contribution in [0.4, 0.5) is 9.59 Å². The highest BCUT2D eigenvalue weighted by molar-refractivity contribution is 5.68. The molecule has 0 fully saturated rings. The van der Waals surface area contributed by atoms with Crippen LogP contribution in [0, 0.1) is 0 Å². The Hall–Kier alpha value is -3.40. The summed E-state index contributed by atoms with van der Waals surface area (Å²) in [6.07, 6.45) is -0.823. The molecule has 0 radical (unpaired) electrons. The molecular weight excluding hydrogens is 522 g/mol. The first-order valence-corrected chi connectivity index (χ1v) is 14.0. The normalized spacial score (nSPS) is 14.7. The third-order valence-corrected chi connectivity index (χ3v) is 6.05. The monoisotopic (exact) mass is 569 g/mol. The fraction of sp³-hybridized carbons (Fsp3) is 0.500. The SMILES string of the molecule is C=Cc1ccccc1C[C@H](NC(=O)OC(C)(C)C)[C@H](O)CNC[C@@H](O)[C@H](Cc1ccccc1)NC(=O)OC(C)(C)C. The highest BCUT2D eigenvalue weighted by Crippen LogP contribution is 2.16. The molecule has 0 aliphatic carbocycles. The molecular formula is C32H47N3O6. The average molecular weight is 570 g/mol. The Labute approximate surface area is 244 Å². The first kappa shape index (κ1) is 33.8. The maximum atomic E-state index is 12.6. The minimum Gasteiger partial charge on any atom is -0.444 e. The number of amides is 2. The summed E-state index contributed by atoms with van der Waals surface area (Å²) in [4.78, 5) is 25.1. The van der Waals surface area contributed by atoms with Crippen molar-refractivity contribution in [2.75, 3.05) is 13.1 Å². The van der Waals surface area contributed by atoms with Crippen molar-refractivity contribution in [2.45, 2.75) is 89.9 Å². The molecule has 5 N–H and O–H groups in total. The highest BCUT2D eigenvalue weighted by Gasteiger charge is 2.28. The Balaban J connectivity index is 2.09. The van der Waals surface area contributed by atoms with E-state index >= 15 is 0 Å². The van der Waals surface area contributed by atoms with Crippen molar-refractivity contribution >= 4 is 18.3 Å². The van der Waals surface area contributed by atoms with Gasteiger partial charge in [-0.15, -0.1) is 0 Å². The van der Waals surface area contributed by atoms with Crippen molar-refractivity contribution in [1.82, 2.24) is 16.0 Å². The number of aliphatic hydroxyl groups excluding tert-OH is 2. The van der Waals surface area contributed by atoms with Crippen LogP contribution in [0.2, 0.25) is 0 Å². The van der Waals surface area contributed by atoms with E-state index in [1.54, 1.807) is 47.6 Å². The first-order chi connectivity index (χ1) is 19.2. The number of hydrogen-bond acceptors (Lipinski definition) is 7. The molecule has 0 spiro atoms. The smallest absolute Gasteiger partial charge is 0.407 e. The molecule has 0 aromatic heterocycles. The quantitative estimate of drug-likeness (QED) is 0.244. The van der Waals surface area contributed by atoms with E-state index in [-0.39, 0.29) is 13.1 Å². The summed E-state index contributed by atoms with van der Waals surface area (Å²) in [5.74, 6) is 0. The zero-order chi connectivity index (χ0) is 30.6. The molecule has 9 heteroatoms. The number of rotatable bonds is 13. The van der Waals surface area contributed by atoms with E-state index in [1.165, 1.54) is 0 Å². The summed E-state index contributed by atoms with van der Waals surface area (Å²) in [5.41, 5.74) is 1.36. The summed E-state index contributed by atoms with van der Waals surface area (Å²) < 4.78 is 10.8. The van der Waals surface area contributed by atoms with Gasteiger partial charge < -0.3 is 35.6 Å².